The number of likely N-dealkylation sites (N-methyl/N-ethyl adjacent to an activating group) is 1. The first kappa shape index (κ1) is 29.3. The van der Waals surface area contributed by atoms with Crippen LogP contribution in [0.5, 0.6) is 0 Å². The standard InChI is InChI=1S/C32H31F3N8O/c1-20-3-4-22(17-27(20)40-30-28-26(9-12-37-28)39-29(41-30)21-7-10-36-11-8-21)31(44)38-24-6-5-23(25(18-24)32(33,34)35)19-43-15-13-42(2)14-16-43/h3-12,17-18,37H,13-16,19H2,1-2H3,(H,38,44)(H,39,40,41). The van der Waals surface area contributed by atoms with Crippen molar-refractivity contribution in [1.29, 1.82) is 0 Å². The Bertz CT molecular complexity index is 1800. The van der Waals surface area contributed by atoms with E-state index in [0.29, 0.717) is 41.5 Å². The minimum absolute atomic E-state index is 0.0745. The first-order valence-electron chi connectivity index (χ1n) is 14.2. The number of nitrogens with zero attached hydrogens (tertiary/aromatic N) is 5. The third-order valence-corrected chi connectivity index (χ3v) is 7.76. The largest absolute Gasteiger partial charge is 0.416 e. The van der Waals surface area contributed by atoms with Crippen LogP contribution in [0.15, 0.2) is 73.2 Å². The summed E-state index contributed by atoms with van der Waals surface area (Å²) in [6.45, 7) is 5.10. The highest BCUT2D eigenvalue weighted by molar-refractivity contribution is 6.05. The Morgan fingerprint density at radius 3 is 2.50 bits per heavy atom. The number of aryl methyl sites for hydroxylation is 1. The number of nitrogens with one attached hydrogen (secondary N) is 3. The molecule has 44 heavy (non-hydrogen) atoms. The average molecular weight is 601 g/mol. The predicted octanol–water partition coefficient (Wildman–Crippen LogP) is 6.09. The number of halogens is 3. The van der Waals surface area contributed by atoms with E-state index in [1.54, 1.807) is 36.8 Å². The van der Waals surface area contributed by atoms with Crippen LogP contribution in [-0.4, -0.2) is 68.9 Å². The average Bonchev–Trinajstić information content (AvgIpc) is 3.49. The van der Waals surface area contributed by atoms with Crippen molar-refractivity contribution >= 4 is 34.1 Å². The van der Waals surface area contributed by atoms with E-state index in [-0.39, 0.29) is 23.4 Å². The number of rotatable bonds is 7. The molecule has 3 N–H and O–H groups in total. The number of H-pyrrole nitrogens is 1. The fraction of sp³-hybridized carbons (Fsp3) is 0.250. The number of carbonyl (C=O) groups is 1. The molecule has 4 heterocycles. The number of hydrogen-bond acceptors (Lipinski definition) is 7. The van der Waals surface area contributed by atoms with E-state index in [4.69, 9.17) is 4.98 Å². The van der Waals surface area contributed by atoms with Crippen LogP contribution in [0.3, 0.4) is 0 Å². The van der Waals surface area contributed by atoms with Crippen LogP contribution in [0.4, 0.5) is 30.4 Å². The van der Waals surface area contributed by atoms with Crippen LogP contribution in [0.2, 0.25) is 0 Å². The molecule has 2 aromatic carbocycles. The summed E-state index contributed by atoms with van der Waals surface area (Å²) in [5.41, 5.74) is 3.45. The molecule has 0 aliphatic carbocycles. The molecule has 0 saturated carbocycles. The fourth-order valence-corrected chi connectivity index (χ4v) is 5.20. The molecule has 0 unspecified atom stereocenters. The van der Waals surface area contributed by atoms with Crippen molar-refractivity contribution in [2.75, 3.05) is 43.9 Å². The lowest BCUT2D eigenvalue weighted by Crippen LogP contribution is -2.44. The maximum Gasteiger partial charge on any atom is 0.416 e. The Labute approximate surface area is 252 Å². The number of carbonyl (C=O) groups excluding carboxylic acids is 1. The smallest absolute Gasteiger partial charge is 0.357 e. The van der Waals surface area contributed by atoms with Crippen LogP contribution in [0, 0.1) is 6.92 Å². The number of pyridine rings is 1. The van der Waals surface area contributed by atoms with Gasteiger partial charge in [-0.25, -0.2) is 9.97 Å². The zero-order valence-corrected chi connectivity index (χ0v) is 24.2. The molecule has 226 valence electrons. The highest BCUT2D eigenvalue weighted by Gasteiger charge is 2.34. The number of fused-ring (bicyclic) bond motifs is 1. The van der Waals surface area contributed by atoms with Crippen molar-refractivity contribution in [3.05, 3.63) is 95.4 Å². The summed E-state index contributed by atoms with van der Waals surface area (Å²) in [6.07, 6.45) is 0.541. The van der Waals surface area contributed by atoms with Gasteiger partial charge in [-0.3, -0.25) is 14.7 Å². The number of alkyl halides is 3. The molecule has 1 fully saturated rings. The van der Waals surface area contributed by atoms with Gasteiger partial charge in [0.2, 0.25) is 0 Å². The number of benzene rings is 2. The highest BCUT2D eigenvalue weighted by atomic mass is 19.4. The summed E-state index contributed by atoms with van der Waals surface area (Å²) in [5, 5.41) is 5.96. The highest BCUT2D eigenvalue weighted by Crippen LogP contribution is 2.35. The van der Waals surface area contributed by atoms with E-state index in [9.17, 15) is 18.0 Å². The molecule has 5 aromatic rings. The van der Waals surface area contributed by atoms with Gasteiger partial charge in [-0.05, 0) is 67.6 Å². The second kappa shape index (κ2) is 12.1. The molecule has 1 aliphatic rings. The molecular formula is C32H31F3N8O. The zero-order valence-electron chi connectivity index (χ0n) is 24.2. The molecule has 0 radical (unpaired) electrons. The lowest BCUT2D eigenvalue weighted by molar-refractivity contribution is -0.138. The Morgan fingerprint density at radius 1 is 0.977 bits per heavy atom. The summed E-state index contributed by atoms with van der Waals surface area (Å²) in [5.74, 6) is 0.487. The maximum absolute atomic E-state index is 14.1. The molecule has 0 atom stereocenters. The number of aromatic nitrogens is 4. The van der Waals surface area contributed by atoms with Crippen LogP contribution in [0.25, 0.3) is 22.4 Å². The van der Waals surface area contributed by atoms with Crippen molar-refractivity contribution in [3.8, 4) is 11.4 Å². The Balaban J connectivity index is 1.24. The number of anilines is 3. The summed E-state index contributed by atoms with van der Waals surface area (Å²) >= 11 is 0. The second-order valence-corrected chi connectivity index (χ2v) is 10.9. The first-order valence-corrected chi connectivity index (χ1v) is 14.2. The Morgan fingerprint density at radius 2 is 1.75 bits per heavy atom. The number of hydrogen-bond donors (Lipinski definition) is 3. The Hall–Kier alpha value is -4.81. The summed E-state index contributed by atoms with van der Waals surface area (Å²) in [4.78, 5) is 34.0. The molecule has 6 rings (SSSR count). The number of aromatic amines is 1. The van der Waals surface area contributed by atoms with Gasteiger partial charge in [0.05, 0.1) is 11.1 Å². The van der Waals surface area contributed by atoms with Crippen molar-refractivity contribution < 1.29 is 18.0 Å². The van der Waals surface area contributed by atoms with Crippen molar-refractivity contribution in [2.45, 2.75) is 19.6 Å². The van der Waals surface area contributed by atoms with E-state index >= 15 is 0 Å². The Kier molecular flexibility index (Phi) is 8.02. The van der Waals surface area contributed by atoms with Gasteiger partial charge in [0.25, 0.3) is 5.91 Å². The fourth-order valence-electron chi connectivity index (χ4n) is 5.20. The van der Waals surface area contributed by atoms with E-state index in [2.05, 4.69) is 30.5 Å². The summed E-state index contributed by atoms with van der Waals surface area (Å²) in [7, 11) is 2.00. The minimum atomic E-state index is -4.56. The van der Waals surface area contributed by atoms with Crippen LogP contribution < -0.4 is 10.6 Å². The van der Waals surface area contributed by atoms with Gasteiger partial charge in [0, 0.05) is 73.8 Å². The monoisotopic (exact) mass is 600 g/mol. The van der Waals surface area contributed by atoms with E-state index in [0.717, 1.165) is 30.3 Å². The molecule has 3 aromatic heterocycles. The summed E-state index contributed by atoms with van der Waals surface area (Å²) in [6, 6.07) is 14.5. The number of amides is 1. The van der Waals surface area contributed by atoms with Crippen LogP contribution >= 0.6 is 0 Å². The van der Waals surface area contributed by atoms with Gasteiger partial charge >= 0.3 is 6.18 Å². The first-order chi connectivity index (χ1) is 21.1. The second-order valence-electron chi connectivity index (χ2n) is 10.9. The molecule has 1 saturated heterocycles. The number of piperazine rings is 1. The molecule has 12 heteroatoms. The van der Waals surface area contributed by atoms with Gasteiger partial charge in [0.15, 0.2) is 11.6 Å². The van der Waals surface area contributed by atoms with Crippen molar-refractivity contribution in [1.82, 2.24) is 29.7 Å². The summed E-state index contributed by atoms with van der Waals surface area (Å²) < 4.78 is 42.2. The van der Waals surface area contributed by atoms with Gasteiger partial charge < -0.3 is 20.5 Å². The molecule has 1 amide bonds. The maximum atomic E-state index is 14.1. The SMILES string of the molecule is Cc1ccc(C(=O)Nc2ccc(CN3CCN(C)CC3)c(C(F)(F)F)c2)cc1Nc1nc(-c2ccncc2)nc2cc[nH]c12. The lowest BCUT2D eigenvalue weighted by atomic mass is 10.0. The normalized spacial score (nSPS) is 14.6. The molecule has 0 spiro atoms. The topological polar surface area (TPSA) is 102 Å². The van der Waals surface area contributed by atoms with Crippen molar-refractivity contribution in [2.24, 2.45) is 0 Å². The lowest BCUT2D eigenvalue weighted by Gasteiger charge is -2.33. The van der Waals surface area contributed by atoms with E-state index < -0.39 is 17.6 Å². The zero-order chi connectivity index (χ0) is 30.8. The molecule has 9 nitrogen and oxygen atoms in total. The third-order valence-electron chi connectivity index (χ3n) is 7.76. The van der Waals surface area contributed by atoms with Crippen LogP contribution in [0.1, 0.15) is 27.0 Å². The molecule has 1 aliphatic heterocycles. The van der Waals surface area contributed by atoms with Gasteiger partial charge in [-0.1, -0.05) is 12.1 Å². The molecule has 0 bridgehead atoms. The predicted molar refractivity (Wildman–Crippen MR) is 164 cm³/mol. The minimum Gasteiger partial charge on any atom is -0.357 e. The van der Waals surface area contributed by atoms with Crippen LogP contribution in [-0.2, 0) is 12.7 Å². The third kappa shape index (κ3) is 6.41. The molecular weight excluding hydrogens is 569 g/mol. The van der Waals surface area contributed by atoms with Gasteiger partial charge in [0.1, 0.15) is 5.52 Å². The van der Waals surface area contributed by atoms with E-state index in [1.807, 2.05) is 37.1 Å². The quantitative estimate of drug-likeness (QED) is 0.208. The van der Waals surface area contributed by atoms with Crippen molar-refractivity contribution in [3.63, 3.8) is 0 Å². The van der Waals surface area contributed by atoms with Gasteiger partial charge in [-0.2, -0.15) is 13.2 Å². The van der Waals surface area contributed by atoms with E-state index in [1.165, 1.54) is 12.1 Å². The van der Waals surface area contributed by atoms with Gasteiger partial charge in [-0.15, -0.1) is 0 Å².